The van der Waals surface area contributed by atoms with Crippen LogP contribution in [0.15, 0.2) is 48.0 Å². The van der Waals surface area contributed by atoms with E-state index in [0.717, 1.165) is 11.3 Å². The molecule has 24 heavy (non-hydrogen) atoms. The number of carbonyl (C=O) groups excluding carboxylic acids is 2. The number of benzene rings is 2. The normalized spacial score (nSPS) is 12.5. The van der Waals surface area contributed by atoms with Gasteiger partial charge in [0.25, 0.3) is 5.91 Å². The van der Waals surface area contributed by atoms with Crippen molar-refractivity contribution in [3.8, 4) is 5.75 Å². The lowest BCUT2D eigenvalue weighted by Gasteiger charge is -2.18. The molecule has 0 aromatic heterocycles. The Morgan fingerprint density at radius 3 is 2.71 bits per heavy atom. The zero-order chi connectivity index (χ0) is 17.1. The van der Waals surface area contributed by atoms with Gasteiger partial charge in [-0.3, -0.25) is 4.79 Å². The molecule has 0 saturated heterocycles. The number of carbonyl (C=O) groups is 2. The molecular weight excluding hydrogens is 306 g/mol. The number of fused-ring (bicyclic) bond motifs is 1. The number of anilines is 1. The lowest BCUT2D eigenvalue weighted by atomic mass is 10.0. The van der Waals surface area contributed by atoms with Crippen molar-refractivity contribution in [1.29, 1.82) is 0 Å². The molecule has 0 fully saturated rings. The molecule has 5 heteroatoms. The van der Waals surface area contributed by atoms with Crippen LogP contribution in [-0.4, -0.2) is 25.6 Å². The summed E-state index contributed by atoms with van der Waals surface area (Å²) in [6, 6.07) is 12.7. The molecule has 1 N–H and O–H groups in total. The molecule has 0 aliphatic carbocycles. The molecule has 2 aromatic carbocycles. The van der Waals surface area contributed by atoms with E-state index in [2.05, 4.69) is 5.32 Å². The number of hydrogen-bond acceptors (Lipinski definition) is 4. The van der Waals surface area contributed by atoms with Gasteiger partial charge in [0.05, 0.1) is 18.2 Å². The Kier molecular flexibility index (Phi) is 4.33. The molecule has 2 aromatic rings. The minimum absolute atomic E-state index is 0.207. The van der Waals surface area contributed by atoms with Crippen molar-refractivity contribution in [3.63, 3.8) is 0 Å². The van der Waals surface area contributed by atoms with E-state index in [1.807, 2.05) is 30.3 Å². The Labute approximate surface area is 139 Å². The number of ether oxygens (including phenoxy) is 2. The summed E-state index contributed by atoms with van der Waals surface area (Å²) < 4.78 is 10.4. The molecular formula is C19H17NO4. The fourth-order valence-corrected chi connectivity index (χ4v) is 2.55. The highest BCUT2D eigenvalue weighted by molar-refractivity contribution is 6.08. The lowest BCUT2D eigenvalue weighted by Crippen LogP contribution is -2.22. The van der Waals surface area contributed by atoms with Crippen LogP contribution in [0.1, 0.15) is 21.5 Å². The molecule has 0 atom stereocenters. The van der Waals surface area contributed by atoms with E-state index in [1.165, 1.54) is 7.11 Å². The first-order valence-electron chi connectivity index (χ1n) is 7.52. The molecule has 1 heterocycles. The topological polar surface area (TPSA) is 64.6 Å². The average Bonchev–Trinajstić information content (AvgIpc) is 2.62. The quantitative estimate of drug-likeness (QED) is 0.881. The van der Waals surface area contributed by atoms with Crippen LogP contribution in [0.3, 0.4) is 0 Å². The van der Waals surface area contributed by atoms with Crippen molar-refractivity contribution in [1.82, 2.24) is 0 Å². The summed E-state index contributed by atoms with van der Waals surface area (Å²) in [4.78, 5) is 24.2. The Morgan fingerprint density at radius 2 is 1.92 bits per heavy atom. The first-order chi connectivity index (χ1) is 11.6. The van der Waals surface area contributed by atoms with Gasteiger partial charge in [0.15, 0.2) is 0 Å². The van der Waals surface area contributed by atoms with Crippen molar-refractivity contribution in [2.75, 3.05) is 19.0 Å². The monoisotopic (exact) mass is 323 g/mol. The van der Waals surface area contributed by atoms with Gasteiger partial charge < -0.3 is 14.8 Å². The van der Waals surface area contributed by atoms with Crippen LogP contribution in [0, 0.1) is 6.92 Å². The fraction of sp³-hybridized carbons (Fsp3) is 0.158. The second-order valence-electron chi connectivity index (χ2n) is 5.42. The predicted molar refractivity (Wildman–Crippen MR) is 91.1 cm³/mol. The molecule has 0 saturated carbocycles. The standard InChI is InChI=1S/C19H17NO4/c1-12-15(19(22)23-2)7-5-8-16(12)20-18(21)14-10-13-6-3-4-9-17(13)24-11-14/h3-10H,11H2,1-2H3,(H,20,21). The van der Waals surface area contributed by atoms with Crippen LogP contribution in [-0.2, 0) is 9.53 Å². The first kappa shape index (κ1) is 15.8. The largest absolute Gasteiger partial charge is 0.488 e. The van der Waals surface area contributed by atoms with E-state index in [9.17, 15) is 9.59 Å². The number of amides is 1. The fourth-order valence-electron chi connectivity index (χ4n) is 2.55. The van der Waals surface area contributed by atoms with E-state index in [1.54, 1.807) is 25.1 Å². The van der Waals surface area contributed by atoms with Crippen molar-refractivity contribution in [2.24, 2.45) is 0 Å². The van der Waals surface area contributed by atoms with E-state index in [-0.39, 0.29) is 12.5 Å². The Balaban J connectivity index is 1.84. The molecule has 1 aliphatic heterocycles. The smallest absolute Gasteiger partial charge is 0.338 e. The van der Waals surface area contributed by atoms with Crippen molar-refractivity contribution >= 4 is 23.6 Å². The lowest BCUT2D eigenvalue weighted by molar-refractivity contribution is -0.113. The molecule has 0 radical (unpaired) electrons. The maximum Gasteiger partial charge on any atom is 0.338 e. The molecule has 5 nitrogen and oxygen atoms in total. The molecule has 1 amide bonds. The summed E-state index contributed by atoms with van der Waals surface area (Å²) in [5.74, 6) is 0.0743. The number of esters is 1. The van der Waals surface area contributed by atoms with E-state index < -0.39 is 5.97 Å². The van der Waals surface area contributed by atoms with Crippen LogP contribution in [0.5, 0.6) is 5.75 Å². The number of rotatable bonds is 3. The zero-order valence-corrected chi connectivity index (χ0v) is 13.5. The van der Waals surface area contributed by atoms with Gasteiger partial charge in [0.2, 0.25) is 0 Å². The van der Waals surface area contributed by atoms with Crippen LogP contribution >= 0.6 is 0 Å². The van der Waals surface area contributed by atoms with Gasteiger partial charge in [-0.05, 0) is 36.8 Å². The van der Waals surface area contributed by atoms with Gasteiger partial charge in [0, 0.05) is 11.3 Å². The van der Waals surface area contributed by atoms with Gasteiger partial charge in [-0.25, -0.2) is 4.79 Å². The van der Waals surface area contributed by atoms with Gasteiger partial charge >= 0.3 is 5.97 Å². The highest BCUT2D eigenvalue weighted by Crippen LogP contribution is 2.27. The second-order valence-corrected chi connectivity index (χ2v) is 5.42. The number of para-hydroxylation sites is 1. The minimum Gasteiger partial charge on any atom is -0.488 e. The van der Waals surface area contributed by atoms with Crippen molar-refractivity contribution < 1.29 is 19.1 Å². The summed E-state index contributed by atoms with van der Waals surface area (Å²) in [5.41, 5.74) is 3.05. The van der Waals surface area contributed by atoms with Gasteiger partial charge in [-0.2, -0.15) is 0 Å². The van der Waals surface area contributed by atoms with E-state index >= 15 is 0 Å². The van der Waals surface area contributed by atoms with E-state index in [4.69, 9.17) is 9.47 Å². The summed E-state index contributed by atoms with van der Waals surface area (Å²) >= 11 is 0. The molecule has 122 valence electrons. The van der Waals surface area contributed by atoms with Gasteiger partial charge in [-0.15, -0.1) is 0 Å². The van der Waals surface area contributed by atoms with Crippen LogP contribution in [0.4, 0.5) is 5.69 Å². The van der Waals surface area contributed by atoms with E-state index in [0.29, 0.717) is 22.4 Å². The zero-order valence-electron chi connectivity index (χ0n) is 13.5. The van der Waals surface area contributed by atoms with Crippen LogP contribution < -0.4 is 10.1 Å². The number of methoxy groups -OCH3 is 1. The minimum atomic E-state index is -0.433. The maximum absolute atomic E-state index is 12.5. The molecule has 0 unspecified atom stereocenters. The third-order valence-electron chi connectivity index (χ3n) is 3.91. The van der Waals surface area contributed by atoms with Crippen molar-refractivity contribution in [3.05, 3.63) is 64.7 Å². The Morgan fingerprint density at radius 1 is 1.12 bits per heavy atom. The number of hydrogen-bond donors (Lipinski definition) is 1. The van der Waals surface area contributed by atoms with Gasteiger partial charge in [0.1, 0.15) is 12.4 Å². The third kappa shape index (κ3) is 3.01. The highest BCUT2D eigenvalue weighted by atomic mass is 16.5. The number of nitrogens with one attached hydrogen (secondary N) is 1. The first-order valence-corrected chi connectivity index (χ1v) is 7.52. The SMILES string of the molecule is COC(=O)c1cccc(NC(=O)C2=Cc3ccccc3OC2)c1C. The Hall–Kier alpha value is -3.08. The molecule has 1 aliphatic rings. The summed E-state index contributed by atoms with van der Waals surface area (Å²) in [6.45, 7) is 1.97. The maximum atomic E-state index is 12.5. The Bertz CT molecular complexity index is 839. The summed E-state index contributed by atoms with van der Waals surface area (Å²) in [6.07, 6.45) is 1.81. The highest BCUT2D eigenvalue weighted by Gasteiger charge is 2.19. The van der Waals surface area contributed by atoms with Crippen LogP contribution in [0.25, 0.3) is 6.08 Å². The molecule has 0 spiro atoms. The van der Waals surface area contributed by atoms with Crippen molar-refractivity contribution in [2.45, 2.75) is 6.92 Å². The molecule has 3 rings (SSSR count). The third-order valence-corrected chi connectivity index (χ3v) is 3.91. The second kappa shape index (κ2) is 6.58. The summed E-state index contributed by atoms with van der Waals surface area (Å²) in [7, 11) is 1.33. The van der Waals surface area contributed by atoms with Crippen LogP contribution in [0.2, 0.25) is 0 Å². The summed E-state index contributed by atoms with van der Waals surface area (Å²) in [5, 5.41) is 2.84. The van der Waals surface area contributed by atoms with Gasteiger partial charge in [-0.1, -0.05) is 24.3 Å². The average molecular weight is 323 g/mol. The predicted octanol–water partition coefficient (Wildman–Crippen LogP) is 3.20. The molecule has 0 bridgehead atoms.